The lowest BCUT2D eigenvalue weighted by molar-refractivity contribution is -0.137. The topological polar surface area (TPSA) is 61.5 Å². The van der Waals surface area contributed by atoms with Gasteiger partial charge in [-0.05, 0) is 60.5 Å². The Morgan fingerprint density at radius 2 is 1.76 bits per heavy atom. The van der Waals surface area contributed by atoms with Crippen molar-refractivity contribution < 1.29 is 22.7 Å². The smallest absolute Gasteiger partial charge is 0.416 e. The monoisotopic (exact) mass is 466 g/mol. The lowest BCUT2D eigenvalue weighted by Gasteiger charge is -2.21. The van der Waals surface area contributed by atoms with Crippen LogP contribution in [0.1, 0.15) is 18.1 Å². The zero-order valence-electron chi connectivity index (χ0n) is 18.3. The molecule has 174 valence electrons. The van der Waals surface area contributed by atoms with E-state index in [4.69, 9.17) is 4.74 Å². The highest BCUT2D eigenvalue weighted by atomic mass is 19.4. The number of urea groups is 1. The van der Waals surface area contributed by atoms with Crippen LogP contribution in [0, 0.1) is 0 Å². The van der Waals surface area contributed by atoms with E-state index in [0.717, 1.165) is 28.7 Å². The van der Waals surface area contributed by atoms with E-state index in [0.29, 0.717) is 36.7 Å². The number of alkyl halides is 3. The van der Waals surface area contributed by atoms with Crippen molar-refractivity contribution in [2.24, 2.45) is 0 Å². The van der Waals surface area contributed by atoms with Crippen LogP contribution in [0.3, 0.4) is 0 Å². The lowest BCUT2D eigenvalue weighted by atomic mass is 10.1. The molecule has 1 fully saturated rings. The fourth-order valence-electron chi connectivity index (χ4n) is 4.12. The van der Waals surface area contributed by atoms with E-state index in [1.54, 1.807) is 29.4 Å². The number of rotatable bonds is 5. The number of aromatic nitrogens is 2. The Balaban J connectivity index is 1.39. The second-order valence-corrected chi connectivity index (χ2v) is 7.93. The summed E-state index contributed by atoms with van der Waals surface area (Å²) in [7, 11) is 0. The number of aryl methyl sites for hydroxylation is 1. The van der Waals surface area contributed by atoms with Gasteiger partial charge in [-0.15, -0.1) is 0 Å². The molecule has 9 heteroatoms. The fraction of sp³-hybridized carbons (Fsp3) is 0.200. The second kappa shape index (κ2) is 8.40. The highest BCUT2D eigenvalue weighted by molar-refractivity contribution is 6.06. The van der Waals surface area contributed by atoms with Crippen LogP contribution >= 0.6 is 0 Å². The van der Waals surface area contributed by atoms with E-state index in [2.05, 4.69) is 9.97 Å². The first kappa shape index (κ1) is 21.8. The summed E-state index contributed by atoms with van der Waals surface area (Å²) in [6, 6.07) is 13.6. The quantitative estimate of drug-likeness (QED) is 0.371. The third kappa shape index (κ3) is 3.93. The number of pyridine rings is 1. The minimum Gasteiger partial charge on any atom is -0.456 e. The zero-order chi connectivity index (χ0) is 23.9. The Labute approximate surface area is 193 Å². The van der Waals surface area contributed by atoms with Crippen molar-refractivity contribution in [2.75, 3.05) is 22.9 Å². The van der Waals surface area contributed by atoms with Crippen LogP contribution in [0.25, 0.3) is 11.0 Å². The summed E-state index contributed by atoms with van der Waals surface area (Å²) in [6.07, 6.45) is -0.335. The normalized spacial score (nSPS) is 14.3. The third-order valence-electron chi connectivity index (χ3n) is 5.87. The van der Waals surface area contributed by atoms with Gasteiger partial charge in [0.25, 0.3) is 0 Å². The first-order valence-corrected chi connectivity index (χ1v) is 10.8. The Hall–Kier alpha value is -4.01. The summed E-state index contributed by atoms with van der Waals surface area (Å²) < 4.78 is 45.5. The van der Waals surface area contributed by atoms with Gasteiger partial charge in [0.2, 0.25) is 0 Å². The van der Waals surface area contributed by atoms with Crippen LogP contribution in [0.4, 0.5) is 29.3 Å². The molecule has 0 aliphatic carbocycles. The maximum Gasteiger partial charge on any atom is 0.416 e. The van der Waals surface area contributed by atoms with Gasteiger partial charge in [0.1, 0.15) is 17.1 Å². The minimum absolute atomic E-state index is 0.228. The molecule has 0 radical (unpaired) electrons. The number of carbonyl (C=O) groups is 1. The molecule has 0 spiro atoms. The number of hydrogen-bond donors (Lipinski definition) is 1. The Morgan fingerprint density at radius 1 is 1.00 bits per heavy atom. The molecule has 2 aromatic carbocycles. The third-order valence-corrected chi connectivity index (χ3v) is 5.87. The lowest BCUT2D eigenvalue weighted by Crippen LogP contribution is -2.31. The van der Waals surface area contributed by atoms with E-state index in [1.165, 1.54) is 17.0 Å². The van der Waals surface area contributed by atoms with Crippen molar-refractivity contribution >= 4 is 28.4 Å². The molecule has 34 heavy (non-hydrogen) atoms. The maximum atomic E-state index is 13.1. The summed E-state index contributed by atoms with van der Waals surface area (Å²) in [5.74, 6) is 1.34. The van der Waals surface area contributed by atoms with Crippen LogP contribution in [0.2, 0.25) is 0 Å². The number of amides is 2. The highest BCUT2D eigenvalue weighted by Gasteiger charge is 2.34. The van der Waals surface area contributed by atoms with Crippen LogP contribution < -0.4 is 14.5 Å². The molecule has 0 atom stereocenters. The van der Waals surface area contributed by atoms with E-state index < -0.39 is 11.7 Å². The number of benzene rings is 2. The first-order valence-electron chi connectivity index (χ1n) is 10.8. The zero-order valence-corrected chi connectivity index (χ0v) is 18.3. The molecule has 1 aliphatic rings. The highest BCUT2D eigenvalue weighted by Crippen LogP contribution is 2.36. The predicted octanol–water partition coefficient (Wildman–Crippen LogP) is 6.38. The number of ether oxygens (including phenoxy) is 1. The number of anilines is 2. The summed E-state index contributed by atoms with van der Waals surface area (Å²) in [4.78, 5) is 23.3. The van der Waals surface area contributed by atoms with Crippen molar-refractivity contribution in [2.45, 2.75) is 19.5 Å². The molecule has 1 saturated heterocycles. The summed E-state index contributed by atoms with van der Waals surface area (Å²) >= 11 is 0. The maximum absolute atomic E-state index is 13.1. The average molecular weight is 466 g/mol. The molecule has 0 saturated carbocycles. The number of nitrogens with zero attached hydrogens (tertiary/aromatic N) is 3. The largest absolute Gasteiger partial charge is 0.456 e. The van der Waals surface area contributed by atoms with Gasteiger partial charge < -0.3 is 9.72 Å². The molecule has 0 bridgehead atoms. The van der Waals surface area contributed by atoms with Crippen LogP contribution in [0.5, 0.6) is 11.5 Å². The molecule has 1 N–H and O–H groups in total. The van der Waals surface area contributed by atoms with E-state index in [9.17, 15) is 18.0 Å². The van der Waals surface area contributed by atoms with Crippen LogP contribution in [-0.4, -0.2) is 29.1 Å². The van der Waals surface area contributed by atoms with Gasteiger partial charge in [-0.3, -0.25) is 9.80 Å². The molecule has 2 amide bonds. The predicted molar refractivity (Wildman–Crippen MR) is 124 cm³/mol. The van der Waals surface area contributed by atoms with Gasteiger partial charge in [0.05, 0.1) is 10.9 Å². The Morgan fingerprint density at radius 3 is 2.50 bits per heavy atom. The van der Waals surface area contributed by atoms with Gasteiger partial charge in [-0.1, -0.05) is 13.0 Å². The molecule has 5 rings (SSSR count). The molecule has 3 heterocycles. The number of hydrogen-bond acceptors (Lipinski definition) is 3. The number of aromatic amines is 1. The van der Waals surface area contributed by atoms with Crippen molar-refractivity contribution in [3.05, 3.63) is 78.1 Å². The number of halogens is 3. The van der Waals surface area contributed by atoms with E-state index in [-0.39, 0.29) is 11.7 Å². The second-order valence-electron chi connectivity index (χ2n) is 7.93. The molecular weight excluding hydrogens is 445 g/mol. The molecule has 2 aromatic heterocycles. The fourth-order valence-corrected chi connectivity index (χ4v) is 4.12. The van der Waals surface area contributed by atoms with Gasteiger partial charge >= 0.3 is 12.2 Å². The Bertz CT molecular complexity index is 1370. The van der Waals surface area contributed by atoms with E-state index >= 15 is 0 Å². The molecular formula is C25H21F3N4O2. The van der Waals surface area contributed by atoms with Crippen molar-refractivity contribution in [1.82, 2.24) is 9.97 Å². The van der Waals surface area contributed by atoms with Gasteiger partial charge in [-0.25, -0.2) is 9.78 Å². The Kier molecular flexibility index (Phi) is 5.39. The van der Waals surface area contributed by atoms with Crippen LogP contribution in [-0.2, 0) is 12.6 Å². The van der Waals surface area contributed by atoms with Crippen LogP contribution in [0.15, 0.2) is 67.0 Å². The molecule has 0 unspecified atom stereocenters. The van der Waals surface area contributed by atoms with Crippen molar-refractivity contribution in [3.63, 3.8) is 0 Å². The molecule has 6 nitrogen and oxygen atoms in total. The summed E-state index contributed by atoms with van der Waals surface area (Å²) in [6.45, 7) is 2.65. The summed E-state index contributed by atoms with van der Waals surface area (Å²) in [5.41, 5.74) is 1.75. The number of carbonyl (C=O) groups excluding carboxylic acids is 1. The van der Waals surface area contributed by atoms with Crippen molar-refractivity contribution in [3.8, 4) is 11.5 Å². The standard InChI is InChI=1S/C25H21F3N4O2/c1-2-16-14-19(6-7-21(16)34-22-9-11-30-23-20(22)8-10-29-23)32-13-12-31(24(32)33)18-5-3-4-17(15-18)25(26,27)28/h3-11,14-15H,2,12-13H2,1H3,(H,29,30). The molecule has 4 aromatic rings. The number of fused-ring (bicyclic) bond motifs is 1. The SMILES string of the molecule is CCc1cc(N2CCN(c3cccc(C(F)(F)F)c3)C2=O)ccc1Oc1ccnc2[nH]ccc12. The van der Waals surface area contributed by atoms with Crippen molar-refractivity contribution in [1.29, 1.82) is 0 Å². The minimum atomic E-state index is -4.47. The van der Waals surface area contributed by atoms with Gasteiger partial charge in [-0.2, -0.15) is 13.2 Å². The van der Waals surface area contributed by atoms with E-state index in [1.807, 2.05) is 25.1 Å². The summed E-state index contributed by atoms with van der Waals surface area (Å²) in [5, 5.41) is 0.861. The number of nitrogens with one attached hydrogen (secondary N) is 1. The molecule has 1 aliphatic heterocycles. The average Bonchev–Trinajstić information content (AvgIpc) is 3.46. The van der Waals surface area contributed by atoms with Gasteiger partial charge in [0.15, 0.2) is 0 Å². The van der Waals surface area contributed by atoms with Gasteiger partial charge in [0, 0.05) is 36.9 Å². The first-order chi connectivity index (χ1) is 16.3. The number of H-pyrrole nitrogens is 1.